The van der Waals surface area contributed by atoms with Gasteiger partial charge in [0.2, 0.25) is 11.8 Å². The standard InChI is InChI=1S/C12H20N2O2/c1-5-6-7-14-9(2)8-10(15)13-12(3,4)11(14)16/h5-6,9H,7-8H2,1-4H3,(H,13,15)/b6-5+. The molecule has 0 spiro atoms. The highest BCUT2D eigenvalue weighted by Gasteiger charge is 2.38. The molecule has 1 heterocycles. The fraction of sp³-hybridized carbons (Fsp3) is 0.667. The van der Waals surface area contributed by atoms with Gasteiger partial charge in [-0.3, -0.25) is 9.59 Å². The largest absolute Gasteiger partial charge is 0.342 e. The number of hydrogen-bond donors (Lipinski definition) is 1. The molecule has 2 amide bonds. The van der Waals surface area contributed by atoms with Crippen molar-refractivity contribution in [1.29, 1.82) is 0 Å². The van der Waals surface area contributed by atoms with E-state index in [1.165, 1.54) is 0 Å². The molecule has 4 nitrogen and oxygen atoms in total. The number of allylic oxidation sites excluding steroid dienone is 1. The second kappa shape index (κ2) is 4.68. The predicted octanol–water partition coefficient (Wildman–Crippen LogP) is 1.08. The highest BCUT2D eigenvalue weighted by atomic mass is 16.2. The van der Waals surface area contributed by atoms with Crippen LogP contribution in [0.25, 0.3) is 0 Å². The third-order valence-electron chi connectivity index (χ3n) is 2.80. The summed E-state index contributed by atoms with van der Waals surface area (Å²) in [5.41, 5.74) is -0.802. The van der Waals surface area contributed by atoms with Crippen LogP contribution in [0.15, 0.2) is 12.2 Å². The molecule has 0 aromatic heterocycles. The molecule has 1 unspecified atom stereocenters. The van der Waals surface area contributed by atoms with E-state index in [0.717, 1.165) is 0 Å². The second-order valence-electron chi connectivity index (χ2n) is 4.75. The number of carbonyl (C=O) groups is 2. The number of nitrogens with one attached hydrogen (secondary N) is 1. The minimum absolute atomic E-state index is 0.0241. The van der Waals surface area contributed by atoms with Gasteiger partial charge in [0.15, 0.2) is 0 Å². The Bertz CT molecular complexity index is 321. The first-order valence-electron chi connectivity index (χ1n) is 5.61. The third kappa shape index (κ3) is 2.62. The highest BCUT2D eigenvalue weighted by molar-refractivity contribution is 5.93. The Morgan fingerprint density at radius 3 is 2.69 bits per heavy atom. The number of nitrogens with zero attached hydrogens (tertiary/aromatic N) is 1. The summed E-state index contributed by atoms with van der Waals surface area (Å²) in [6, 6.07) is -0.0505. The second-order valence-corrected chi connectivity index (χ2v) is 4.75. The van der Waals surface area contributed by atoms with E-state index in [0.29, 0.717) is 13.0 Å². The lowest BCUT2D eigenvalue weighted by atomic mass is 10.0. The summed E-state index contributed by atoms with van der Waals surface area (Å²) in [7, 11) is 0. The minimum Gasteiger partial charge on any atom is -0.342 e. The molecule has 1 aliphatic rings. The molecule has 1 fully saturated rings. The molecule has 0 radical (unpaired) electrons. The molecule has 16 heavy (non-hydrogen) atoms. The Morgan fingerprint density at radius 1 is 1.50 bits per heavy atom. The molecule has 1 rings (SSSR count). The van der Waals surface area contributed by atoms with E-state index in [-0.39, 0.29) is 17.9 Å². The van der Waals surface area contributed by atoms with Gasteiger partial charge in [-0.1, -0.05) is 12.2 Å². The maximum Gasteiger partial charge on any atom is 0.248 e. The number of amides is 2. The Balaban J connectivity index is 2.95. The van der Waals surface area contributed by atoms with Gasteiger partial charge in [0, 0.05) is 19.0 Å². The summed E-state index contributed by atoms with van der Waals surface area (Å²) in [6.45, 7) is 7.88. The van der Waals surface area contributed by atoms with Crippen LogP contribution in [-0.4, -0.2) is 34.8 Å². The fourth-order valence-electron chi connectivity index (χ4n) is 1.87. The quantitative estimate of drug-likeness (QED) is 0.713. The van der Waals surface area contributed by atoms with Crippen molar-refractivity contribution in [1.82, 2.24) is 10.2 Å². The zero-order chi connectivity index (χ0) is 12.3. The maximum absolute atomic E-state index is 12.2. The van der Waals surface area contributed by atoms with Gasteiger partial charge in [0.25, 0.3) is 0 Å². The zero-order valence-corrected chi connectivity index (χ0v) is 10.4. The summed E-state index contributed by atoms with van der Waals surface area (Å²) >= 11 is 0. The molecule has 1 N–H and O–H groups in total. The average Bonchev–Trinajstić information content (AvgIpc) is 2.22. The van der Waals surface area contributed by atoms with E-state index in [1.807, 2.05) is 26.0 Å². The molecule has 4 heteroatoms. The van der Waals surface area contributed by atoms with Gasteiger partial charge in [-0.25, -0.2) is 0 Å². The Labute approximate surface area is 96.7 Å². The van der Waals surface area contributed by atoms with E-state index in [2.05, 4.69) is 5.32 Å². The first-order chi connectivity index (χ1) is 7.38. The number of hydrogen-bond acceptors (Lipinski definition) is 2. The van der Waals surface area contributed by atoms with Crippen LogP contribution >= 0.6 is 0 Å². The van der Waals surface area contributed by atoms with Crippen molar-refractivity contribution in [2.45, 2.75) is 45.7 Å². The molecule has 0 aliphatic carbocycles. The van der Waals surface area contributed by atoms with Crippen LogP contribution < -0.4 is 5.32 Å². The first-order valence-corrected chi connectivity index (χ1v) is 5.61. The summed E-state index contributed by atoms with van der Waals surface area (Å²) < 4.78 is 0. The molecule has 0 aromatic rings. The van der Waals surface area contributed by atoms with Crippen LogP contribution in [0.4, 0.5) is 0 Å². The minimum atomic E-state index is -0.802. The van der Waals surface area contributed by atoms with Crippen LogP contribution in [0.3, 0.4) is 0 Å². The monoisotopic (exact) mass is 224 g/mol. The van der Waals surface area contributed by atoms with Gasteiger partial charge in [-0.2, -0.15) is 0 Å². The lowest BCUT2D eigenvalue weighted by molar-refractivity contribution is -0.138. The molecule has 0 aromatic carbocycles. The molecule has 0 bridgehead atoms. The molecular formula is C12H20N2O2. The van der Waals surface area contributed by atoms with Crippen LogP contribution in [0.2, 0.25) is 0 Å². The zero-order valence-electron chi connectivity index (χ0n) is 10.4. The lowest BCUT2D eigenvalue weighted by Crippen LogP contribution is -2.53. The van der Waals surface area contributed by atoms with Crippen molar-refractivity contribution in [2.75, 3.05) is 6.54 Å². The molecule has 90 valence electrons. The van der Waals surface area contributed by atoms with Crippen LogP contribution in [0.5, 0.6) is 0 Å². The average molecular weight is 224 g/mol. The topological polar surface area (TPSA) is 49.4 Å². The van der Waals surface area contributed by atoms with Gasteiger partial charge in [-0.05, 0) is 27.7 Å². The van der Waals surface area contributed by atoms with E-state index < -0.39 is 5.54 Å². The summed E-state index contributed by atoms with van der Waals surface area (Å²) in [6.07, 6.45) is 4.21. The first kappa shape index (κ1) is 12.7. The highest BCUT2D eigenvalue weighted by Crippen LogP contribution is 2.17. The SMILES string of the molecule is C/C=C/CN1C(=O)C(C)(C)NC(=O)CC1C. The Hall–Kier alpha value is -1.32. The van der Waals surface area contributed by atoms with Gasteiger partial charge < -0.3 is 10.2 Å². The van der Waals surface area contributed by atoms with Crippen molar-refractivity contribution in [3.8, 4) is 0 Å². The van der Waals surface area contributed by atoms with Crippen molar-refractivity contribution in [3.05, 3.63) is 12.2 Å². The van der Waals surface area contributed by atoms with Gasteiger partial charge in [0.1, 0.15) is 5.54 Å². The van der Waals surface area contributed by atoms with Crippen molar-refractivity contribution in [2.24, 2.45) is 0 Å². The predicted molar refractivity (Wildman–Crippen MR) is 62.8 cm³/mol. The van der Waals surface area contributed by atoms with Crippen LogP contribution in [-0.2, 0) is 9.59 Å². The van der Waals surface area contributed by atoms with Gasteiger partial charge in [0.05, 0.1) is 0 Å². The van der Waals surface area contributed by atoms with E-state index in [9.17, 15) is 9.59 Å². The van der Waals surface area contributed by atoms with Crippen molar-refractivity contribution < 1.29 is 9.59 Å². The molecule has 1 saturated heterocycles. The Morgan fingerprint density at radius 2 is 2.12 bits per heavy atom. The molecule has 1 aliphatic heterocycles. The van der Waals surface area contributed by atoms with Gasteiger partial charge >= 0.3 is 0 Å². The van der Waals surface area contributed by atoms with Crippen molar-refractivity contribution >= 4 is 11.8 Å². The van der Waals surface area contributed by atoms with Crippen molar-refractivity contribution in [3.63, 3.8) is 0 Å². The molecular weight excluding hydrogens is 204 g/mol. The van der Waals surface area contributed by atoms with E-state index in [4.69, 9.17) is 0 Å². The number of carbonyl (C=O) groups excluding carboxylic acids is 2. The number of rotatable bonds is 2. The lowest BCUT2D eigenvalue weighted by Gasteiger charge is -2.31. The maximum atomic E-state index is 12.2. The normalized spacial score (nSPS) is 25.8. The smallest absolute Gasteiger partial charge is 0.248 e. The third-order valence-corrected chi connectivity index (χ3v) is 2.80. The molecule has 0 saturated carbocycles. The molecule has 1 atom stereocenters. The van der Waals surface area contributed by atoms with Gasteiger partial charge in [-0.15, -0.1) is 0 Å². The van der Waals surface area contributed by atoms with Crippen LogP contribution in [0, 0.1) is 0 Å². The summed E-state index contributed by atoms with van der Waals surface area (Å²) in [5, 5.41) is 2.75. The fourth-order valence-corrected chi connectivity index (χ4v) is 1.87. The van der Waals surface area contributed by atoms with E-state index in [1.54, 1.807) is 18.7 Å². The Kier molecular flexibility index (Phi) is 3.73. The van der Waals surface area contributed by atoms with Crippen LogP contribution in [0.1, 0.15) is 34.1 Å². The summed E-state index contributed by atoms with van der Waals surface area (Å²) in [4.78, 5) is 25.5. The summed E-state index contributed by atoms with van der Waals surface area (Å²) in [5.74, 6) is -0.0854. The van der Waals surface area contributed by atoms with E-state index >= 15 is 0 Å².